The molecule has 3 N–H and O–H groups in total. The van der Waals surface area contributed by atoms with E-state index in [1.54, 1.807) is 0 Å². The molecule has 0 heterocycles. The second-order valence-electron chi connectivity index (χ2n) is 3.83. The highest BCUT2D eigenvalue weighted by molar-refractivity contribution is 8.13. The molecule has 19 heavy (non-hydrogen) atoms. The Hall–Kier alpha value is -1.08. The van der Waals surface area contributed by atoms with Crippen molar-refractivity contribution in [2.24, 2.45) is 0 Å². The van der Waals surface area contributed by atoms with Crippen LogP contribution >= 0.6 is 23.4 Å². The fourth-order valence-corrected chi connectivity index (χ4v) is 2.35. The van der Waals surface area contributed by atoms with Crippen LogP contribution in [0.25, 0.3) is 0 Å². The van der Waals surface area contributed by atoms with Gasteiger partial charge in [0.15, 0.2) is 5.12 Å². The molecule has 0 radical (unpaired) electrons. The number of carboxylic acid groups (broad SMARTS) is 1. The molecule has 0 saturated heterocycles. The molecule has 0 amide bonds. The first-order valence-corrected chi connectivity index (χ1v) is 6.72. The zero-order valence-electron chi connectivity index (χ0n) is 10.0. The quantitative estimate of drug-likeness (QED) is 0.766. The van der Waals surface area contributed by atoms with Crippen LogP contribution in [-0.2, 0) is 4.79 Å². The maximum Gasteiger partial charge on any atom is 0.337 e. The maximum absolute atomic E-state index is 10.9. The van der Waals surface area contributed by atoms with Crippen molar-refractivity contribution in [1.29, 1.82) is 0 Å². The Labute approximate surface area is 119 Å². The Kier molecular flexibility index (Phi) is 5.81. The number of carbonyl (C=O) groups is 2. The number of aromatic carboxylic acids is 1. The number of aliphatic hydroxyl groups excluding tert-OH is 2. The Morgan fingerprint density at radius 3 is 2.53 bits per heavy atom. The molecule has 0 aliphatic rings. The van der Waals surface area contributed by atoms with Crippen molar-refractivity contribution in [2.75, 3.05) is 5.75 Å². The van der Waals surface area contributed by atoms with Gasteiger partial charge in [-0.2, -0.15) is 0 Å². The molecule has 2 atom stereocenters. The van der Waals surface area contributed by atoms with Gasteiger partial charge >= 0.3 is 5.97 Å². The number of carboxylic acids is 1. The minimum Gasteiger partial charge on any atom is -0.478 e. The first-order valence-electron chi connectivity index (χ1n) is 5.35. The second-order valence-corrected chi connectivity index (χ2v) is 5.40. The first kappa shape index (κ1) is 16.0. The summed E-state index contributed by atoms with van der Waals surface area (Å²) in [5, 5.41) is 28.3. The van der Waals surface area contributed by atoms with Crippen molar-refractivity contribution >= 4 is 34.4 Å². The number of benzene rings is 1. The number of carbonyl (C=O) groups excluding carboxylic acids is 1. The minimum absolute atomic E-state index is 0.00410. The summed E-state index contributed by atoms with van der Waals surface area (Å²) in [7, 11) is 0. The van der Waals surface area contributed by atoms with E-state index in [0.717, 1.165) is 11.8 Å². The van der Waals surface area contributed by atoms with Gasteiger partial charge in [0, 0.05) is 18.2 Å². The highest BCUT2D eigenvalue weighted by Crippen LogP contribution is 2.29. The Morgan fingerprint density at radius 1 is 1.37 bits per heavy atom. The lowest BCUT2D eigenvalue weighted by Gasteiger charge is -2.19. The Bertz CT molecular complexity index is 491. The smallest absolute Gasteiger partial charge is 0.337 e. The van der Waals surface area contributed by atoms with E-state index in [-0.39, 0.29) is 27.0 Å². The molecule has 1 rings (SSSR count). The Morgan fingerprint density at radius 2 is 2.00 bits per heavy atom. The van der Waals surface area contributed by atoms with Gasteiger partial charge in [0.25, 0.3) is 0 Å². The zero-order valence-corrected chi connectivity index (χ0v) is 11.6. The molecule has 104 valence electrons. The number of halogens is 1. The molecule has 0 aliphatic carbocycles. The van der Waals surface area contributed by atoms with Gasteiger partial charge in [0.1, 0.15) is 6.10 Å². The molecule has 0 saturated carbocycles. The van der Waals surface area contributed by atoms with E-state index in [1.807, 2.05) is 0 Å². The van der Waals surface area contributed by atoms with Gasteiger partial charge in [-0.3, -0.25) is 4.79 Å². The SMILES string of the molecule is CC(=O)SCC(O)C(O)c1cccc(C(=O)O)c1Cl. The average Bonchev–Trinajstić information content (AvgIpc) is 2.34. The summed E-state index contributed by atoms with van der Waals surface area (Å²) in [6, 6.07) is 4.16. The van der Waals surface area contributed by atoms with Crippen molar-refractivity contribution in [3.8, 4) is 0 Å². The summed E-state index contributed by atoms with van der Waals surface area (Å²) in [6.07, 6.45) is -2.56. The van der Waals surface area contributed by atoms with Crippen LogP contribution in [0.4, 0.5) is 0 Å². The predicted octanol–water partition coefficient (Wildman–Crippen LogP) is 1.71. The van der Waals surface area contributed by atoms with Gasteiger partial charge in [0.2, 0.25) is 0 Å². The molecule has 1 aromatic carbocycles. The van der Waals surface area contributed by atoms with Crippen molar-refractivity contribution in [1.82, 2.24) is 0 Å². The summed E-state index contributed by atoms with van der Waals surface area (Å²) in [5.74, 6) is -1.21. The molecule has 0 fully saturated rings. The number of thioether (sulfide) groups is 1. The van der Waals surface area contributed by atoms with Crippen molar-refractivity contribution in [3.63, 3.8) is 0 Å². The van der Waals surface area contributed by atoms with Gasteiger partial charge in [-0.25, -0.2) is 4.79 Å². The Balaban J connectivity index is 2.93. The van der Waals surface area contributed by atoms with Crippen LogP contribution in [0.3, 0.4) is 0 Å². The standard InChI is InChI=1S/C12H13ClO5S/c1-6(14)19-5-9(15)11(16)7-3-2-4-8(10(7)13)12(17)18/h2-4,9,11,15-16H,5H2,1H3,(H,17,18). The van der Waals surface area contributed by atoms with Gasteiger partial charge in [-0.05, 0) is 6.07 Å². The highest BCUT2D eigenvalue weighted by atomic mass is 35.5. The van der Waals surface area contributed by atoms with E-state index in [0.29, 0.717) is 0 Å². The lowest BCUT2D eigenvalue weighted by molar-refractivity contribution is -0.109. The van der Waals surface area contributed by atoms with Crippen molar-refractivity contribution in [3.05, 3.63) is 34.3 Å². The molecule has 7 heteroatoms. The third-order valence-corrected chi connectivity index (χ3v) is 3.74. The van der Waals surface area contributed by atoms with E-state index in [4.69, 9.17) is 16.7 Å². The molecule has 0 spiro atoms. The molecular weight excluding hydrogens is 292 g/mol. The number of aliphatic hydroxyl groups is 2. The highest BCUT2D eigenvalue weighted by Gasteiger charge is 2.23. The van der Waals surface area contributed by atoms with Crippen LogP contribution in [0, 0.1) is 0 Å². The zero-order chi connectivity index (χ0) is 14.6. The van der Waals surface area contributed by atoms with E-state index >= 15 is 0 Å². The number of hydrogen-bond donors (Lipinski definition) is 3. The lowest BCUT2D eigenvalue weighted by atomic mass is 10.0. The largest absolute Gasteiger partial charge is 0.478 e. The topological polar surface area (TPSA) is 94.8 Å². The van der Waals surface area contributed by atoms with E-state index in [2.05, 4.69) is 0 Å². The summed E-state index contributed by atoms with van der Waals surface area (Å²) >= 11 is 6.75. The van der Waals surface area contributed by atoms with E-state index < -0.39 is 18.2 Å². The van der Waals surface area contributed by atoms with Gasteiger partial charge < -0.3 is 15.3 Å². The summed E-state index contributed by atoms with van der Waals surface area (Å²) in [5.41, 5.74) is -0.0251. The molecular formula is C12H13ClO5S. The summed E-state index contributed by atoms with van der Waals surface area (Å²) in [6.45, 7) is 1.35. The van der Waals surface area contributed by atoms with Crippen LogP contribution in [0.5, 0.6) is 0 Å². The third-order valence-electron chi connectivity index (χ3n) is 2.40. The molecule has 1 aromatic rings. The molecule has 5 nitrogen and oxygen atoms in total. The number of hydrogen-bond acceptors (Lipinski definition) is 5. The summed E-state index contributed by atoms with van der Waals surface area (Å²) < 4.78 is 0. The average molecular weight is 305 g/mol. The van der Waals surface area contributed by atoms with Crippen LogP contribution in [0.15, 0.2) is 18.2 Å². The molecule has 0 aliphatic heterocycles. The molecule has 0 aromatic heterocycles. The van der Waals surface area contributed by atoms with Crippen LogP contribution in [-0.4, -0.2) is 38.3 Å². The normalized spacial score (nSPS) is 13.9. The van der Waals surface area contributed by atoms with Crippen molar-refractivity contribution in [2.45, 2.75) is 19.1 Å². The minimum atomic E-state index is -1.35. The van der Waals surface area contributed by atoms with Crippen LogP contribution < -0.4 is 0 Å². The predicted molar refractivity (Wildman–Crippen MR) is 72.5 cm³/mol. The van der Waals surface area contributed by atoms with E-state index in [9.17, 15) is 19.8 Å². The van der Waals surface area contributed by atoms with Gasteiger partial charge in [0.05, 0.1) is 16.7 Å². The van der Waals surface area contributed by atoms with E-state index in [1.165, 1.54) is 25.1 Å². The van der Waals surface area contributed by atoms with Crippen molar-refractivity contribution < 1.29 is 24.9 Å². The third kappa shape index (κ3) is 4.21. The lowest BCUT2D eigenvalue weighted by Crippen LogP contribution is -2.22. The fraction of sp³-hybridized carbons (Fsp3) is 0.333. The fourth-order valence-electron chi connectivity index (χ4n) is 1.44. The van der Waals surface area contributed by atoms with Crippen LogP contribution in [0.1, 0.15) is 28.9 Å². The monoisotopic (exact) mass is 304 g/mol. The van der Waals surface area contributed by atoms with Gasteiger partial charge in [-0.1, -0.05) is 35.5 Å². The first-order chi connectivity index (χ1) is 8.84. The van der Waals surface area contributed by atoms with Gasteiger partial charge in [-0.15, -0.1) is 0 Å². The second kappa shape index (κ2) is 6.91. The maximum atomic E-state index is 10.9. The number of rotatable bonds is 5. The molecule has 0 bridgehead atoms. The molecule has 2 unspecified atom stereocenters. The summed E-state index contributed by atoms with van der Waals surface area (Å²) in [4.78, 5) is 21.7. The van der Waals surface area contributed by atoms with Crippen LogP contribution in [0.2, 0.25) is 5.02 Å².